The summed E-state index contributed by atoms with van der Waals surface area (Å²) in [5.74, 6) is 0.472. The number of piperidine rings is 1. The second-order valence-electron chi connectivity index (χ2n) is 5.87. The highest BCUT2D eigenvalue weighted by Crippen LogP contribution is 2.31. The molecular formula is C17H21FN4. The van der Waals surface area contributed by atoms with Crippen LogP contribution < -0.4 is 10.2 Å². The molecule has 0 bridgehead atoms. The quantitative estimate of drug-likeness (QED) is 0.945. The van der Waals surface area contributed by atoms with Crippen molar-refractivity contribution in [1.82, 2.24) is 15.3 Å². The molecule has 0 unspecified atom stereocenters. The van der Waals surface area contributed by atoms with Crippen molar-refractivity contribution in [3.8, 4) is 11.1 Å². The summed E-state index contributed by atoms with van der Waals surface area (Å²) < 4.78 is 13.2. The summed E-state index contributed by atoms with van der Waals surface area (Å²) in [7, 11) is 3.87. The Balaban J connectivity index is 2.05. The first-order valence-corrected chi connectivity index (χ1v) is 7.69. The van der Waals surface area contributed by atoms with Crippen molar-refractivity contribution < 1.29 is 4.39 Å². The molecule has 1 aromatic heterocycles. The molecule has 116 valence electrons. The molecule has 1 atom stereocenters. The standard InChI is InChI=1S/C17H21FN4/c1-22(2)17-20-11-14(12-6-8-13(18)9-7-12)16(21-17)15-5-3-4-10-19-15/h6-9,11,15,19H,3-5,10H2,1-2H3/t15-/m0/s1. The summed E-state index contributed by atoms with van der Waals surface area (Å²) >= 11 is 0. The molecule has 2 aromatic rings. The summed E-state index contributed by atoms with van der Waals surface area (Å²) in [6.07, 6.45) is 5.31. The van der Waals surface area contributed by atoms with Crippen LogP contribution in [0.15, 0.2) is 30.5 Å². The SMILES string of the molecule is CN(C)c1ncc(-c2ccc(F)cc2)c([C@@H]2CCCCN2)n1. The van der Waals surface area contributed by atoms with Gasteiger partial charge in [0.15, 0.2) is 0 Å². The van der Waals surface area contributed by atoms with Gasteiger partial charge in [-0.2, -0.15) is 0 Å². The smallest absolute Gasteiger partial charge is 0.225 e. The van der Waals surface area contributed by atoms with Gasteiger partial charge in [0.05, 0.1) is 11.7 Å². The Morgan fingerprint density at radius 1 is 1.18 bits per heavy atom. The molecule has 0 amide bonds. The van der Waals surface area contributed by atoms with Crippen LogP contribution in [0.2, 0.25) is 0 Å². The summed E-state index contributed by atoms with van der Waals surface area (Å²) in [5, 5.41) is 3.54. The van der Waals surface area contributed by atoms with Crippen LogP contribution in [-0.4, -0.2) is 30.6 Å². The van der Waals surface area contributed by atoms with Crippen molar-refractivity contribution in [1.29, 1.82) is 0 Å². The summed E-state index contributed by atoms with van der Waals surface area (Å²) in [6, 6.07) is 6.77. The van der Waals surface area contributed by atoms with Gasteiger partial charge in [-0.15, -0.1) is 0 Å². The molecule has 1 N–H and O–H groups in total. The molecule has 0 spiro atoms. The number of aromatic nitrogens is 2. The predicted octanol–water partition coefficient (Wildman–Crippen LogP) is 3.16. The van der Waals surface area contributed by atoms with E-state index in [2.05, 4.69) is 10.3 Å². The average Bonchev–Trinajstić information content (AvgIpc) is 2.56. The lowest BCUT2D eigenvalue weighted by molar-refractivity contribution is 0.406. The van der Waals surface area contributed by atoms with Gasteiger partial charge in [0.1, 0.15) is 5.82 Å². The number of hydrogen-bond acceptors (Lipinski definition) is 4. The van der Waals surface area contributed by atoms with Crippen LogP contribution in [0.5, 0.6) is 0 Å². The van der Waals surface area contributed by atoms with E-state index in [9.17, 15) is 4.39 Å². The highest BCUT2D eigenvalue weighted by Gasteiger charge is 2.21. The van der Waals surface area contributed by atoms with Crippen molar-refractivity contribution in [2.45, 2.75) is 25.3 Å². The van der Waals surface area contributed by atoms with E-state index < -0.39 is 0 Å². The fourth-order valence-electron chi connectivity index (χ4n) is 2.80. The summed E-state index contributed by atoms with van der Waals surface area (Å²) in [5.41, 5.74) is 2.93. The van der Waals surface area contributed by atoms with Crippen LogP contribution in [0.4, 0.5) is 10.3 Å². The van der Waals surface area contributed by atoms with Gasteiger partial charge < -0.3 is 10.2 Å². The van der Waals surface area contributed by atoms with E-state index in [1.54, 1.807) is 12.1 Å². The first-order chi connectivity index (χ1) is 10.6. The zero-order valence-electron chi connectivity index (χ0n) is 13.0. The van der Waals surface area contributed by atoms with Gasteiger partial charge in [0.25, 0.3) is 0 Å². The maximum absolute atomic E-state index is 13.2. The Labute approximate surface area is 130 Å². The van der Waals surface area contributed by atoms with Crippen molar-refractivity contribution in [2.75, 3.05) is 25.5 Å². The van der Waals surface area contributed by atoms with Crippen molar-refractivity contribution in [3.63, 3.8) is 0 Å². The Morgan fingerprint density at radius 2 is 1.95 bits per heavy atom. The number of halogens is 1. The van der Waals surface area contributed by atoms with Gasteiger partial charge in [0.2, 0.25) is 5.95 Å². The second kappa shape index (κ2) is 6.40. The zero-order chi connectivity index (χ0) is 15.5. The van der Waals surface area contributed by atoms with Crippen molar-refractivity contribution >= 4 is 5.95 Å². The molecule has 2 heterocycles. The second-order valence-corrected chi connectivity index (χ2v) is 5.87. The van der Waals surface area contributed by atoms with Crippen LogP contribution in [0.3, 0.4) is 0 Å². The number of anilines is 1. The molecule has 0 radical (unpaired) electrons. The fourth-order valence-corrected chi connectivity index (χ4v) is 2.80. The van der Waals surface area contributed by atoms with Gasteiger partial charge in [0, 0.05) is 25.9 Å². The van der Waals surface area contributed by atoms with Gasteiger partial charge in [-0.3, -0.25) is 0 Å². The van der Waals surface area contributed by atoms with Crippen molar-refractivity contribution in [3.05, 3.63) is 42.0 Å². The van der Waals surface area contributed by atoms with Gasteiger partial charge in [-0.25, -0.2) is 14.4 Å². The zero-order valence-corrected chi connectivity index (χ0v) is 13.0. The lowest BCUT2D eigenvalue weighted by Crippen LogP contribution is -2.28. The van der Waals surface area contributed by atoms with Crippen LogP contribution in [0.25, 0.3) is 11.1 Å². The van der Waals surface area contributed by atoms with E-state index in [0.29, 0.717) is 5.95 Å². The van der Waals surface area contributed by atoms with Crippen LogP contribution in [0.1, 0.15) is 31.0 Å². The third-order valence-electron chi connectivity index (χ3n) is 4.00. The molecular weight excluding hydrogens is 279 g/mol. The first kappa shape index (κ1) is 14.9. The molecule has 5 heteroatoms. The largest absolute Gasteiger partial charge is 0.347 e. The molecule has 4 nitrogen and oxygen atoms in total. The maximum atomic E-state index is 13.2. The van der Waals surface area contributed by atoms with Gasteiger partial charge in [-0.05, 0) is 37.1 Å². The van der Waals surface area contributed by atoms with E-state index in [1.807, 2.05) is 25.2 Å². The minimum atomic E-state index is -0.230. The average molecular weight is 300 g/mol. The van der Waals surface area contributed by atoms with Crippen LogP contribution in [0, 0.1) is 5.82 Å². The lowest BCUT2D eigenvalue weighted by atomic mass is 9.95. The normalized spacial score (nSPS) is 18.2. The Morgan fingerprint density at radius 3 is 2.59 bits per heavy atom. The molecule has 22 heavy (non-hydrogen) atoms. The number of nitrogens with zero attached hydrogens (tertiary/aromatic N) is 3. The van der Waals surface area contributed by atoms with Crippen LogP contribution >= 0.6 is 0 Å². The minimum absolute atomic E-state index is 0.230. The molecule has 1 aromatic carbocycles. The van der Waals surface area contributed by atoms with Gasteiger partial charge >= 0.3 is 0 Å². The molecule has 3 rings (SSSR count). The third kappa shape index (κ3) is 3.09. The fraction of sp³-hybridized carbons (Fsp3) is 0.412. The van der Waals surface area contributed by atoms with E-state index in [4.69, 9.17) is 4.98 Å². The topological polar surface area (TPSA) is 41.1 Å². The minimum Gasteiger partial charge on any atom is -0.347 e. The Kier molecular flexibility index (Phi) is 4.34. The summed E-state index contributed by atoms with van der Waals surface area (Å²) in [6.45, 7) is 1.01. The molecule has 1 saturated heterocycles. The highest BCUT2D eigenvalue weighted by atomic mass is 19.1. The summed E-state index contributed by atoms with van der Waals surface area (Å²) in [4.78, 5) is 11.1. The van der Waals surface area contributed by atoms with E-state index in [1.165, 1.54) is 25.0 Å². The van der Waals surface area contributed by atoms with E-state index >= 15 is 0 Å². The van der Waals surface area contributed by atoms with E-state index in [0.717, 1.165) is 29.8 Å². The molecule has 0 aliphatic carbocycles. The molecule has 0 saturated carbocycles. The maximum Gasteiger partial charge on any atom is 0.225 e. The van der Waals surface area contributed by atoms with Crippen molar-refractivity contribution in [2.24, 2.45) is 0 Å². The Bertz CT molecular complexity index is 634. The molecule has 1 aliphatic rings. The third-order valence-corrected chi connectivity index (χ3v) is 4.00. The van der Waals surface area contributed by atoms with E-state index in [-0.39, 0.29) is 11.9 Å². The Hall–Kier alpha value is -2.01. The number of hydrogen-bond donors (Lipinski definition) is 1. The first-order valence-electron chi connectivity index (χ1n) is 7.69. The highest BCUT2D eigenvalue weighted by molar-refractivity contribution is 5.66. The predicted molar refractivity (Wildman–Crippen MR) is 86.3 cm³/mol. The molecule has 1 aliphatic heterocycles. The molecule has 1 fully saturated rings. The number of nitrogens with one attached hydrogen (secondary N) is 1. The lowest BCUT2D eigenvalue weighted by Gasteiger charge is -2.26. The van der Waals surface area contributed by atoms with Gasteiger partial charge in [-0.1, -0.05) is 18.6 Å². The van der Waals surface area contributed by atoms with Crippen LogP contribution in [-0.2, 0) is 0 Å². The monoisotopic (exact) mass is 300 g/mol. The number of rotatable bonds is 3. The number of benzene rings is 1.